The molecular weight excluding hydrogens is 224 g/mol. The lowest BCUT2D eigenvalue weighted by molar-refractivity contribution is 0.00593. The van der Waals surface area contributed by atoms with Gasteiger partial charge < -0.3 is 15.0 Å². The Morgan fingerprint density at radius 3 is 2.78 bits per heavy atom. The fraction of sp³-hybridized carbons (Fsp3) is 1.00. The number of methoxy groups -OCH3 is 1. The molecule has 0 aromatic rings. The SMILES string of the molecule is CCCC1(CN2CCCC(OC)C2)CCNCC1. The summed E-state index contributed by atoms with van der Waals surface area (Å²) in [5, 5.41) is 3.51. The number of nitrogens with zero attached hydrogens (tertiary/aromatic N) is 1. The van der Waals surface area contributed by atoms with Gasteiger partial charge in [0.25, 0.3) is 0 Å². The summed E-state index contributed by atoms with van der Waals surface area (Å²) in [4.78, 5) is 2.67. The van der Waals surface area contributed by atoms with Crippen molar-refractivity contribution >= 4 is 0 Å². The summed E-state index contributed by atoms with van der Waals surface area (Å²) in [5.74, 6) is 0. The van der Waals surface area contributed by atoms with Crippen LogP contribution in [0.15, 0.2) is 0 Å². The monoisotopic (exact) mass is 254 g/mol. The van der Waals surface area contributed by atoms with E-state index in [9.17, 15) is 0 Å². The minimum absolute atomic E-state index is 0.471. The van der Waals surface area contributed by atoms with Gasteiger partial charge in [-0.3, -0.25) is 0 Å². The first-order valence-electron chi connectivity index (χ1n) is 7.74. The Morgan fingerprint density at radius 2 is 2.11 bits per heavy atom. The summed E-state index contributed by atoms with van der Waals surface area (Å²) >= 11 is 0. The topological polar surface area (TPSA) is 24.5 Å². The van der Waals surface area contributed by atoms with Crippen molar-refractivity contribution in [1.29, 1.82) is 0 Å². The van der Waals surface area contributed by atoms with Crippen LogP contribution in [0.4, 0.5) is 0 Å². The van der Waals surface area contributed by atoms with Gasteiger partial charge in [-0.05, 0) is 57.2 Å². The average molecular weight is 254 g/mol. The lowest BCUT2D eigenvalue weighted by atomic mass is 9.74. The van der Waals surface area contributed by atoms with Gasteiger partial charge in [0.05, 0.1) is 6.10 Å². The number of rotatable bonds is 5. The normalized spacial score (nSPS) is 29.3. The van der Waals surface area contributed by atoms with Gasteiger partial charge in [0.2, 0.25) is 0 Å². The minimum atomic E-state index is 0.471. The molecule has 0 aliphatic carbocycles. The number of piperidine rings is 2. The molecule has 0 radical (unpaired) electrons. The van der Waals surface area contributed by atoms with Crippen LogP contribution in [0.1, 0.15) is 45.4 Å². The highest BCUT2D eigenvalue weighted by atomic mass is 16.5. The first-order chi connectivity index (χ1) is 8.78. The second-order valence-electron chi connectivity index (χ2n) is 6.24. The van der Waals surface area contributed by atoms with Gasteiger partial charge in [-0.2, -0.15) is 0 Å². The first-order valence-corrected chi connectivity index (χ1v) is 7.74. The maximum atomic E-state index is 5.55. The molecule has 0 aromatic heterocycles. The van der Waals surface area contributed by atoms with Crippen LogP contribution in [0, 0.1) is 5.41 Å². The number of likely N-dealkylation sites (tertiary alicyclic amines) is 1. The Labute approximate surface area is 112 Å². The van der Waals surface area contributed by atoms with Gasteiger partial charge >= 0.3 is 0 Å². The van der Waals surface area contributed by atoms with Crippen LogP contribution in [-0.4, -0.2) is 50.8 Å². The lowest BCUT2D eigenvalue weighted by Crippen LogP contribution is -2.48. The van der Waals surface area contributed by atoms with Crippen LogP contribution >= 0.6 is 0 Å². The lowest BCUT2D eigenvalue weighted by Gasteiger charge is -2.43. The predicted octanol–water partition coefficient (Wildman–Crippen LogP) is 2.27. The molecule has 0 amide bonds. The van der Waals surface area contributed by atoms with Crippen LogP contribution in [0.25, 0.3) is 0 Å². The highest BCUT2D eigenvalue weighted by Crippen LogP contribution is 2.35. The van der Waals surface area contributed by atoms with Crippen molar-refractivity contribution in [2.45, 2.75) is 51.6 Å². The molecule has 2 heterocycles. The fourth-order valence-corrected chi connectivity index (χ4v) is 3.80. The molecule has 0 saturated carbocycles. The van der Waals surface area contributed by atoms with E-state index in [-0.39, 0.29) is 0 Å². The quantitative estimate of drug-likeness (QED) is 0.814. The van der Waals surface area contributed by atoms with Crippen molar-refractivity contribution in [2.75, 3.05) is 39.8 Å². The highest BCUT2D eigenvalue weighted by molar-refractivity contribution is 4.88. The van der Waals surface area contributed by atoms with E-state index in [0.29, 0.717) is 11.5 Å². The molecule has 3 heteroatoms. The third-order valence-electron chi connectivity index (χ3n) is 4.80. The Bertz CT molecular complexity index is 233. The van der Waals surface area contributed by atoms with Crippen LogP contribution in [0.2, 0.25) is 0 Å². The molecule has 1 unspecified atom stereocenters. The zero-order chi connectivity index (χ0) is 12.8. The minimum Gasteiger partial charge on any atom is -0.380 e. The second-order valence-corrected chi connectivity index (χ2v) is 6.24. The number of hydrogen-bond acceptors (Lipinski definition) is 3. The Morgan fingerprint density at radius 1 is 1.33 bits per heavy atom. The summed E-state index contributed by atoms with van der Waals surface area (Å²) in [6.45, 7) is 8.47. The third-order valence-corrected chi connectivity index (χ3v) is 4.80. The zero-order valence-corrected chi connectivity index (χ0v) is 12.2. The van der Waals surface area contributed by atoms with E-state index < -0.39 is 0 Å². The largest absolute Gasteiger partial charge is 0.380 e. The van der Waals surface area contributed by atoms with Gasteiger partial charge in [-0.15, -0.1) is 0 Å². The molecule has 2 aliphatic heterocycles. The Balaban J connectivity index is 1.91. The Hall–Kier alpha value is -0.120. The molecule has 2 saturated heterocycles. The molecule has 2 fully saturated rings. The van der Waals surface area contributed by atoms with Crippen molar-refractivity contribution in [2.24, 2.45) is 5.41 Å². The smallest absolute Gasteiger partial charge is 0.0698 e. The molecule has 1 atom stereocenters. The van der Waals surface area contributed by atoms with E-state index in [4.69, 9.17) is 4.74 Å². The number of nitrogens with one attached hydrogen (secondary N) is 1. The molecule has 0 aromatic carbocycles. The van der Waals surface area contributed by atoms with Crippen molar-refractivity contribution in [3.05, 3.63) is 0 Å². The van der Waals surface area contributed by atoms with E-state index in [1.807, 2.05) is 7.11 Å². The van der Waals surface area contributed by atoms with Gasteiger partial charge in [-0.25, -0.2) is 0 Å². The summed E-state index contributed by atoms with van der Waals surface area (Å²) in [6.07, 6.45) is 8.45. The predicted molar refractivity (Wildman–Crippen MR) is 75.9 cm³/mol. The average Bonchev–Trinajstić information content (AvgIpc) is 2.40. The third kappa shape index (κ3) is 3.69. The molecule has 0 spiro atoms. The van der Waals surface area contributed by atoms with Crippen molar-refractivity contribution in [3.63, 3.8) is 0 Å². The van der Waals surface area contributed by atoms with E-state index in [0.717, 1.165) is 6.54 Å². The van der Waals surface area contributed by atoms with Crippen molar-refractivity contribution in [1.82, 2.24) is 10.2 Å². The molecule has 3 nitrogen and oxygen atoms in total. The van der Waals surface area contributed by atoms with E-state index >= 15 is 0 Å². The van der Waals surface area contributed by atoms with Gasteiger partial charge in [-0.1, -0.05) is 13.3 Å². The van der Waals surface area contributed by atoms with Crippen LogP contribution in [0.3, 0.4) is 0 Å². The van der Waals surface area contributed by atoms with Crippen LogP contribution < -0.4 is 5.32 Å². The van der Waals surface area contributed by atoms with Crippen molar-refractivity contribution in [3.8, 4) is 0 Å². The standard InChI is InChI=1S/C15H30N2O/c1-3-6-15(7-9-16-10-8-15)13-17-11-4-5-14(12-17)18-2/h14,16H,3-13H2,1-2H3. The Kier molecular flexibility index (Phi) is 5.46. The van der Waals surface area contributed by atoms with Gasteiger partial charge in [0.1, 0.15) is 0 Å². The fourth-order valence-electron chi connectivity index (χ4n) is 3.80. The maximum Gasteiger partial charge on any atom is 0.0698 e. The molecule has 0 bridgehead atoms. The molecular formula is C15H30N2O. The van der Waals surface area contributed by atoms with E-state index in [1.54, 1.807) is 0 Å². The number of hydrogen-bond donors (Lipinski definition) is 1. The maximum absolute atomic E-state index is 5.55. The first kappa shape index (κ1) is 14.3. The summed E-state index contributed by atoms with van der Waals surface area (Å²) < 4.78 is 5.55. The van der Waals surface area contributed by atoms with Gasteiger partial charge in [0.15, 0.2) is 0 Å². The van der Waals surface area contributed by atoms with E-state index in [1.165, 1.54) is 64.7 Å². The van der Waals surface area contributed by atoms with Crippen LogP contribution in [0.5, 0.6) is 0 Å². The molecule has 2 rings (SSSR count). The number of ether oxygens (including phenoxy) is 1. The summed E-state index contributed by atoms with van der Waals surface area (Å²) in [7, 11) is 1.86. The van der Waals surface area contributed by atoms with Crippen molar-refractivity contribution < 1.29 is 4.74 Å². The summed E-state index contributed by atoms with van der Waals surface area (Å²) in [5.41, 5.74) is 0.579. The van der Waals surface area contributed by atoms with Crippen LogP contribution in [-0.2, 0) is 4.74 Å². The van der Waals surface area contributed by atoms with Gasteiger partial charge in [0, 0.05) is 20.2 Å². The molecule has 2 aliphatic rings. The second kappa shape index (κ2) is 6.88. The highest BCUT2D eigenvalue weighted by Gasteiger charge is 2.34. The summed E-state index contributed by atoms with van der Waals surface area (Å²) in [6, 6.07) is 0. The van der Waals surface area contributed by atoms with E-state index in [2.05, 4.69) is 17.1 Å². The molecule has 1 N–H and O–H groups in total. The zero-order valence-electron chi connectivity index (χ0n) is 12.2. The molecule has 106 valence electrons. The molecule has 18 heavy (non-hydrogen) atoms.